The van der Waals surface area contributed by atoms with Crippen LogP contribution in [-0.2, 0) is 10.8 Å². The molecule has 0 bridgehead atoms. The zero-order valence-electron chi connectivity index (χ0n) is 12.7. The summed E-state index contributed by atoms with van der Waals surface area (Å²) in [6.07, 6.45) is 0. The van der Waals surface area contributed by atoms with Gasteiger partial charge in [0.05, 0.1) is 0 Å². The highest BCUT2D eigenvalue weighted by molar-refractivity contribution is 7.27. The van der Waals surface area contributed by atoms with E-state index in [1.165, 1.54) is 27.6 Å². The van der Waals surface area contributed by atoms with Crippen molar-refractivity contribution in [2.45, 2.75) is 66.2 Å². The molecular weight excluding hydrogens is 223 g/mol. The predicted molar refractivity (Wildman–Crippen MR) is 82.7 cm³/mol. The Hall–Kier alpha value is -0.350. The van der Waals surface area contributed by atoms with E-state index in [9.17, 15) is 0 Å². The highest BCUT2D eigenvalue weighted by Crippen LogP contribution is 2.33. The van der Waals surface area contributed by atoms with Crippen LogP contribution in [0.25, 0.3) is 0 Å². The molecule has 0 saturated heterocycles. The second kappa shape index (κ2) is 4.39. The molecule has 0 aromatic heterocycles. The van der Waals surface area contributed by atoms with Gasteiger partial charge < -0.3 is 0 Å². The summed E-state index contributed by atoms with van der Waals surface area (Å²) in [5, 5.41) is 1.41. The molecule has 0 nitrogen and oxygen atoms in total. The maximum absolute atomic E-state index is 2.99. The number of benzene rings is 1. The molecule has 1 aromatic carbocycles. The van der Waals surface area contributed by atoms with Gasteiger partial charge in [-0.3, -0.25) is 0 Å². The summed E-state index contributed by atoms with van der Waals surface area (Å²) >= 11 is 0. The van der Waals surface area contributed by atoms with E-state index < -0.39 is 0 Å². The molecule has 0 N–H and O–H groups in total. The van der Waals surface area contributed by atoms with Crippen LogP contribution in [0.1, 0.15) is 63.8 Å². The fourth-order valence-corrected chi connectivity index (χ4v) is 4.33. The van der Waals surface area contributed by atoms with Gasteiger partial charge in [-0.15, -0.1) is 9.24 Å². The summed E-state index contributed by atoms with van der Waals surface area (Å²) in [7, 11) is 2.99. The molecule has 1 aromatic rings. The third kappa shape index (κ3) is 2.91. The molecule has 0 radical (unpaired) electrons. The lowest BCUT2D eigenvalue weighted by molar-refractivity contribution is 0.571. The van der Waals surface area contributed by atoms with Gasteiger partial charge in [-0.05, 0) is 52.2 Å². The number of hydrogen-bond donors (Lipinski definition) is 0. The fourth-order valence-electron chi connectivity index (χ4n) is 3.01. The molecule has 0 fully saturated rings. The Bertz CT molecular complexity index is 390. The molecule has 0 aliphatic heterocycles. The van der Waals surface area contributed by atoms with E-state index in [1.54, 1.807) is 0 Å². The SMILES string of the molecule is Cc1cc(C)c(C(C)(C)C)c(P)c1C(C)(C)C. The number of aryl methyl sites for hydroxylation is 2. The van der Waals surface area contributed by atoms with Gasteiger partial charge in [0.1, 0.15) is 0 Å². The van der Waals surface area contributed by atoms with Crippen LogP contribution >= 0.6 is 9.24 Å². The molecule has 17 heavy (non-hydrogen) atoms. The van der Waals surface area contributed by atoms with Gasteiger partial charge in [0.2, 0.25) is 0 Å². The normalized spacial score (nSPS) is 13.0. The van der Waals surface area contributed by atoms with Gasteiger partial charge in [-0.1, -0.05) is 47.6 Å². The standard InChI is InChI=1S/C16H27P/c1-10-9-11(2)13(16(6,7)8)14(17)12(10)15(3,4)5/h9H,17H2,1-8H3. The molecule has 0 aliphatic carbocycles. The summed E-state index contributed by atoms with van der Waals surface area (Å²) in [6.45, 7) is 18.2. The van der Waals surface area contributed by atoms with Crippen molar-refractivity contribution in [3.05, 3.63) is 28.3 Å². The van der Waals surface area contributed by atoms with Gasteiger partial charge >= 0.3 is 0 Å². The van der Waals surface area contributed by atoms with E-state index in [0.29, 0.717) is 0 Å². The van der Waals surface area contributed by atoms with Crippen molar-refractivity contribution in [2.75, 3.05) is 0 Å². The van der Waals surface area contributed by atoms with Crippen LogP contribution in [0.4, 0.5) is 0 Å². The van der Waals surface area contributed by atoms with Crippen LogP contribution in [-0.4, -0.2) is 0 Å². The lowest BCUT2D eigenvalue weighted by Crippen LogP contribution is -2.29. The fraction of sp³-hybridized carbons (Fsp3) is 0.625. The number of rotatable bonds is 0. The molecule has 0 amide bonds. The van der Waals surface area contributed by atoms with E-state index >= 15 is 0 Å². The highest BCUT2D eigenvalue weighted by Gasteiger charge is 2.26. The topological polar surface area (TPSA) is 0 Å². The maximum Gasteiger partial charge on any atom is -0.0123 e. The van der Waals surface area contributed by atoms with E-state index in [1.807, 2.05) is 0 Å². The Morgan fingerprint density at radius 1 is 0.765 bits per heavy atom. The van der Waals surface area contributed by atoms with Crippen molar-refractivity contribution in [3.8, 4) is 0 Å². The smallest absolute Gasteiger partial charge is 0.0123 e. The monoisotopic (exact) mass is 250 g/mol. The minimum atomic E-state index is 0.203. The van der Waals surface area contributed by atoms with Crippen molar-refractivity contribution in [2.24, 2.45) is 0 Å². The molecule has 0 saturated carbocycles. The molecular formula is C16H27P. The first kappa shape index (κ1) is 14.7. The first-order valence-electron chi connectivity index (χ1n) is 6.37. The predicted octanol–water partition coefficient (Wildman–Crippen LogP) is 4.40. The summed E-state index contributed by atoms with van der Waals surface area (Å²) < 4.78 is 0. The Morgan fingerprint density at radius 3 is 1.29 bits per heavy atom. The second-order valence-electron chi connectivity index (χ2n) is 7.17. The second-order valence-corrected chi connectivity index (χ2v) is 7.75. The molecule has 0 heterocycles. The van der Waals surface area contributed by atoms with Gasteiger partial charge in [-0.25, -0.2) is 0 Å². The van der Waals surface area contributed by atoms with Crippen LogP contribution in [0.3, 0.4) is 0 Å². The summed E-state index contributed by atoms with van der Waals surface area (Å²) in [5.74, 6) is 0. The Balaban J connectivity index is 3.67. The summed E-state index contributed by atoms with van der Waals surface area (Å²) in [6, 6.07) is 2.34. The maximum atomic E-state index is 2.99. The average molecular weight is 250 g/mol. The zero-order chi connectivity index (χ0) is 13.6. The quantitative estimate of drug-likeness (QED) is 0.599. The Labute approximate surface area is 109 Å². The lowest BCUT2D eigenvalue weighted by atomic mass is 9.76. The van der Waals surface area contributed by atoms with E-state index in [0.717, 1.165) is 0 Å². The van der Waals surface area contributed by atoms with Crippen LogP contribution in [0.5, 0.6) is 0 Å². The van der Waals surface area contributed by atoms with Crippen LogP contribution in [0, 0.1) is 13.8 Å². The van der Waals surface area contributed by atoms with Crippen LogP contribution in [0.2, 0.25) is 0 Å². The molecule has 0 aliphatic rings. The molecule has 96 valence electrons. The first-order chi connectivity index (χ1) is 7.46. The van der Waals surface area contributed by atoms with E-state index in [-0.39, 0.29) is 10.8 Å². The lowest BCUT2D eigenvalue weighted by Gasteiger charge is -2.31. The molecule has 1 heteroatoms. The van der Waals surface area contributed by atoms with E-state index in [2.05, 4.69) is 70.7 Å². The Kier molecular flexibility index (Phi) is 3.80. The zero-order valence-corrected chi connectivity index (χ0v) is 13.8. The Morgan fingerprint density at radius 2 is 1.06 bits per heavy atom. The van der Waals surface area contributed by atoms with E-state index in [4.69, 9.17) is 0 Å². The third-order valence-corrected chi connectivity index (χ3v) is 3.84. The van der Waals surface area contributed by atoms with Crippen LogP contribution < -0.4 is 5.30 Å². The largest absolute Gasteiger partial charge is 0.105 e. The van der Waals surface area contributed by atoms with Crippen molar-refractivity contribution in [3.63, 3.8) is 0 Å². The molecule has 1 unspecified atom stereocenters. The summed E-state index contributed by atoms with van der Waals surface area (Å²) in [5.41, 5.74) is 6.20. The first-order valence-corrected chi connectivity index (χ1v) is 6.94. The minimum absolute atomic E-state index is 0.203. The van der Waals surface area contributed by atoms with Gasteiger partial charge in [0.25, 0.3) is 0 Å². The highest BCUT2D eigenvalue weighted by atomic mass is 31.0. The average Bonchev–Trinajstić information content (AvgIpc) is 1.94. The van der Waals surface area contributed by atoms with Crippen LogP contribution in [0.15, 0.2) is 6.07 Å². The number of hydrogen-bond acceptors (Lipinski definition) is 0. The van der Waals surface area contributed by atoms with Crippen molar-refractivity contribution in [1.29, 1.82) is 0 Å². The minimum Gasteiger partial charge on any atom is -0.105 e. The van der Waals surface area contributed by atoms with Crippen molar-refractivity contribution >= 4 is 14.5 Å². The third-order valence-electron chi connectivity index (χ3n) is 3.26. The van der Waals surface area contributed by atoms with Crippen molar-refractivity contribution < 1.29 is 0 Å². The summed E-state index contributed by atoms with van der Waals surface area (Å²) in [4.78, 5) is 0. The molecule has 0 spiro atoms. The van der Waals surface area contributed by atoms with Gasteiger partial charge in [0.15, 0.2) is 0 Å². The molecule has 1 rings (SSSR count). The van der Waals surface area contributed by atoms with Gasteiger partial charge in [-0.2, -0.15) is 0 Å². The molecule has 1 atom stereocenters. The van der Waals surface area contributed by atoms with Crippen molar-refractivity contribution in [1.82, 2.24) is 0 Å². The van der Waals surface area contributed by atoms with Gasteiger partial charge in [0, 0.05) is 0 Å².